The molecular weight excluding hydrogens is 212 g/mol. The van der Waals surface area contributed by atoms with Gasteiger partial charge in [0.2, 0.25) is 10.0 Å². The zero-order chi connectivity index (χ0) is 11.3. The Hall–Kier alpha value is -1.07. The second-order valence-corrected chi connectivity index (χ2v) is 5.26. The molecule has 0 fully saturated rings. The maximum atomic E-state index is 10.8. The minimum atomic E-state index is -3.08. The van der Waals surface area contributed by atoms with Crippen LogP contribution < -0.4 is 9.62 Å². The van der Waals surface area contributed by atoms with Gasteiger partial charge in [0.05, 0.1) is 6.26 Å². The maximum absolute atomic E-state index is 10.8. The lowest BCUT2D eigenvalue weighted by molar-refractivity contribution is 0.588. The third-order valence-corrected chi connectivity index (χ3v) is 2.74. The number of hydrogen-bond acceptors (Lipinski definition) is 3. The molecule has 0 saturated carbocycles. The van der Waals surface area contributed by atoms with E-state index in [1.807, 2.05) is 42.3 Å². The SMILES string of the molecule is CN(CCNS(C)(=O)=O)c1ccccc1. The molecule has 1 N–H and O–H groups in total. The first-order valence-corrected chi connectivity index (χ1v) is 6.59. The van der Waals surface area contributed by atoms with Gasteiger partial charge in [0.15, 0.2) is 0 Å². The van der Waals surface area contributed by atoms with Gasteiger partial charge in [-0.25, -0.2) is 13.1 Å². The fraction of sp³-hybridized carbons (Fsp3) is 0.400. The Balaban J connectivity index is 2.41. The van der Waals surface area contributed by atoms with Crippen molar-refractivity contribution in [2.45, 2.75) is 0 Å². The van der Waals surface area contributed by atoms with Crippen LogP contribution in [0, 0.1) is 0 Å². The van der Waals surface area contributed by atoms with Crippen molar-refractivity contribution in [3.8, 4) is 0 Å². The molecule has 0 saturated heterocycles. The highest BCUT2D eigenvalue weighted by Gasteiger charge is 2.02. The van der Waals surface area contributed by atoms with E-state index in [-0.39, 0.29) is 0 Å². The van der Waals surface area contributed by atoms with Gasteiger partial charge in [-0.3, -0.25) is 0 Å². The van der Waals surface area contributed by atoms with Crippen molar-refractivity contribution in [1.29, 1.82) is 0 Å². The molecule has 0 atom stereocenters. The van der Waals surface area contributed by atoms with E-state index in [1.54, 1.807) is 0 Å². The number of para-hydroxylation sites is 1. The highest BCUT2D eigenvalue weighted by Crippen LogP contribution is 2.09. The molecule has 0 aromatic heterocycles. The third-order valence-electron chi connectivity index (χ3n) is 2.01. The van der Waals surface area contributed by atoms with Gasteiger partial charge in [0, 0.05) is 25.8 Å². The van der Waals surface area contributed by atoms with Gasteiger partial charge >= 0.3 is 0 Å². The van der Waals surface area contributed by atoms with Crippen LogP contribution in [-0.2, 0) is 10.0 Å². The summed E-state index contributed by atoms with van der Waals surface area (Å²) in [7, 11) is -1.15. The van der Waals surface area contributed by atoms with Gasteiger partial charge in [-0.2, -0.15) is 0 Å². The fourth-order valence-corrected chi connectivity index (χ4v) is 1.67. The van der Waals surface area contributed by atoms with E-state index in [2.05, 4.69) is 4.72 Å². The Morgan fingerprint density at radius 1 is 1.27 bits per heavy atom. The lowest BCUT2D eigenvalue weighted by Gasteiger charge is -2.18. The van der Waals surface area contributed by atoms with Crippen molar-refractivity contribution >= 4 is 15.7 Å². The van der Waals surface area contributed by atoms with Crippen LogP contribution in [-0.4, -0.2) is 34.8 Å². The van der Waals surface area contributed by atoms with Crippen LogP contribution in [0.5, 0.6) is 0 Å². The average Bonchev–Trinajstić information content (AvgIpc) is 2.17. The number of hydrogen-bond donors (Lipinski definition) is 1. The summed E-state index contributed by atoms with van der Waals surface area (Å²) in [6.45, 7) is 1.07. The van der Waals surface area contributed by atoms with Crippen molar-refractivity contribution in [3.63, 3.8) is 0 Å². The molecule has 1 aromatic rings. The molecule has 84 valence electrons. The topological polar surface area (TPSA) is 49.4 Å². The molecule has 0 radical (unpaired) electrons. The van der Waals surface area contributed by atoms with Crippen molar-refractivity contribution < 1.29 is 8.42 Å². The molecule has 0 aliphatic rings. The quantitative estimate of drug-likeness (QED) is 0.806. The number of nitrogens with one attached hydrogen (secondary N) is 1. The number of anilines is 1. The molecule has 15 heavy (non-hydrogen) atoms. The van der Waals surface area contributed by atoms with Gasteiger partial charge < -0.3 is 4.90 Å². The molecule has 4 nitrogen and oxygen atoms in total. The minimum absolute atomic E-state index is 0.421. The van der Waals surface area contributed by atoms with Gasteiger partial charge in [-0.1, -0.05) is 18.2 Å². The summed E-state index contributed by atoms with van der Waals surface area (Å²) in [5.41, 5.74) is 1.08. The average molecular weight is 228 g/mol. The summed E-state index contributed by atoms with van der Waals surface area (Å²) in [5, 5.41) is 0. The van der Waals surface area contributed by atoms with E-state index in [4.69, 9.17) is 0 Å². The molecule has 1 rings (SSSR count). The van der Waals surface area contributed by atoms with Crippen LogP contribution in [0.3, 0.4) is 0 Å². The number of nitrogens with zero attached hydrogens (tertiary/aromatic N) is 1. The maximum Gasteiger partial charge on any atom is 0.208 e. The van der Waals surface area contributed by atoms with Gasteiger partial charge in [-0.15, -0.1) is 0 Å². The zero-order valence-corrected chi connectivity index (χ0v) is 9.79. The number of benzene rings is 1. The van der Waals surface area contributed by atoms with Crippen molar-refractivity contribution in [3.05, 3.63) is 30.3 Å². The largest absolute Gasteiger partial charge is 0.373 e. The predicted octanol–water partition coefficient (Wildman–Crippen LogP) is 0.672. The summed E-state index contributed by atoms with van der Waals surface area (Å²) in [5.74, 6) is 0. The van der Waals surface area contributed by atoms with E-state index in [9.17, 15) is 8.42 Å². The molecule has 0 heterocycles. The van der Waals surface area contributed by atoms with Crippen molar-refractivity contribution in [1.82, 2.24) is 4.72 Å². The van der Waals surface area contributed by atoms with Crippen LogP contribution >= 0.6 is 0 Å². The predicted molar refractivity (Wildman–Crippen MR) is 62.6 cm³/mol. The fourth-order valence-electron chi connectivity index (χ4n) is 1.21. The Kier molecular flexibility index (Phi) is 4.11. The zero-order valence-electron chi connectivity index (χ0n) is 8.97. The van der Waals surface area contributed by atoms with Gasteiger partial charge in [0.25, 0.3) is 0 Å². The molecule has 0 aliphatic heterocycles. The van der Waals surface area contributed by atoms with Gasteiger partial charge in [-0.05, 0) is 12.1 Å². The lowest BCUT2D eigenvalue weighted by atomic mass is 10.3. The van der Waals surface area contributed by atoms with E-state index < -0.39 is 10.0 Å². The van der Waals surface area contributed by atoms with Crippen molar-refractivity contribution in [2.24, 2.45) is 0 Å². The highest BCUT2D eigenvalue weighted by molar-refractivity contribution is 7.88. The van der Waals surface area contributed by atoms with Gasteiger partial charge in [0.1, 0.15) is 0 Å². The highest BCUT2D eigenvalue weighted by atomic mass is 32.2. The molecule has 1 aromatic carbocycles. The molecule has 0 unspecified atom stereocenters. The summed E-state index contributed by atoms with van der Waals surface area (Å²) in [6, 6.07) is 9.83. The second-order valence-electron chi connectivity index (χ2n) is 3.42. The minimum Gasteiger partial charge on any atom is -0.373 e. The number of likely N-dealkylation sites (N-methyl/N-ethyl adjacent to an activating group) is 1. The molecule has 0 spiro atoms. The lowest BCUT2D eigenvalue weighted by Crippen LogP contribution is -2.32. The number of rotatable bonds is 5. The third kappa shape index (κ3) is 4.80. The Labute approximate surface area is 91.0 Å². The van der Waals surface area contributed by atoms with Crippen molar-refractivity contribution in [2.75, 3.05) is 31.3 Å². The monoisotopic (exact) mass is 228 g/mol. The Morgan fingerprint density at radius 3 is 2.40 bits per heavy atom. The second kappa shape index (κ2) is 5.14. The smallest absolute Gasteiger partial charge is 0.208 e. The van der Waals surface area contributed by atoms with Crippen LogP contribution in [0.4, 0.5) is 5.69 Å². The standard InChI is InChI=1S/C10H16N2O2S/c1-12(9-8-11-15(2,13)14)10-6-4-3-5-7-10/h3-7,11H,8-9H2,1-2H3. The van der Waals surface area contributed by atoms with E-state index in [1.165, 1.54) is 0 Å². The molecule has 5 heteroatoms. The van der Waals surface area contributed by atoms with Crippen LogP contribution in [0.15, 0.2) is 30.3 Å². The Bertz CT molecular complexity index is 389. The normalized spacial score (nSPS) is 11.3. The Morgan fingerprint density at radius 2 is 1.87 bits per heavy atom. The summed E-state index contributed by atoms with van der Waals surface area (Å²) < 4.78 is 24.1. The molecular formula is C10H16N2O2S. The molecule has 0 amide bonds. The van der Waals surface area contributed by atoms with E-state index in [0.29, 0.717) is 13.1 Å². The first kappa shape index (κ1) is 12.0. The molecule has 0 aliphatic carbocycles. The number of sulfonamides is 1. The molecule has 0 bridgehead atoms. The summed E-state index contributed by atoms with van der Waals surface area (Å²) >= 11 is 0. The first-order valence-electron chi connectivity index (χ1n) is 4.70. The summed E-state index contributed by atoms with van der Waals surface area (Å²) in [6.07, 6.45) is 1.16. The van der Waals surface area contributed by atoms with E-state index >= 15 is 0 Å². The first-order chi connectivity index (χ1) is 6.99. The summed E-state index contributed by atoms with van der Waals surface area (Å²) in [4.78, 5) is 2.00. The van der Waals surface area contributed by atoms with Crippen LogP contribution in [0.25, 0.3) is 0 Å². The van der Waals surface area contributed by atoms with Crippen LogP contribution in [0.1, 0.15) is 0 Å². The van der Waals surface area contributed by atoms with E-state index in [0.717, 1.165) is 11.9 Å². The van der Waals surface area contributed by atoms with Crippen LogP contribution in [0.2, 0.25) is 0 Å².